The topological polar surface area (TPSA) is 55.4 Å². The van der Waals surface area contributed by atoms with Gasteiger partial charge in [-0.1, -0.05) is 31.5 Å². The van der Waals surface area contributed by atoms with E-state index >= 15 is 0 Å². The molecule has 0 heterocycles. The number of halogens is 1. The van der Waals surface area contributed by atoms with Gasteiger partial charge >= 0.3 is 0 Å². The van der Waals surface area contributed by atoms with Gasteiger partial charge in [-0.15, -0.1) is 0 Å². The molecule has 0 bridgehead atoms. The fraction of sp³-hybridized carbons (Fsp3) is 0.333. The van der Waals surface area contributed by atoms with Crippen LogP contribution in [0.25, 0.3) is 0 Å². The van der Waals surface area contributed by atoms with Gasteiger partial charge in [0.1, 0.15) is 0 Å². The summed E-state index contributed by atoms with van der Waals surface area (Å²) in [6.07, 6.45) is 1.92. The van der Waals surface area contributed by atoms with Crippen LogP contribution in [0.1, 0.15) is 37.4 Å². The molecule has 1 unspecified atom stereocenters. The molecule has 130 valence electrons. The van der Waals surface area contributed by atoms with E-state index in [2.05, 4.69) is 11.6 Å². The number of nitrogens with one attached hydrogen (secondary N) is 1. The zero-order valence-corrected chi connectivity index (χ0v) is 14.9. The molecule has 6 heteroatoms. The Labute approximate surface area is 142 Å². The highest BCUT2D eigenvalue weighted by molar-refractivity contribution is 7.89. The lowest BCUT2D eigenvalue weighted by atomic mass is 10.1. The van der Waals surface area contributed by atoms with Crippen LogP contribution in [0.15, 0.2) is 47.4 Å². The van der Waals surface area contributed by atoms with E-state index in [1.165, 1.54) is 19.2 Å². The molecule has 0 aromatic heterocycles. The second kappa shape index (κ2) is 7.77. The summed E-state index contributed by atoms with van der Waals surface area (Å²) in [5.74, 6) is -0.398. The van der Waals surface area contributed by atoms with Gasteiger partial charge in [0.05, 0.1) is 12.0 Å². The van der Waals surface area contributed by atoms with Crippen LogP contribution in [0.5, 0.6) is 5.75 Å². The molecule has 0 radical (unpaired) electrons. The number of rotatable bonds is 7. The maximum atomic E-state index is 13.8. The number of hydrogen-bond acceptors (Lipinski definition) is 3. The number of hydrogen-bond donors (Lipinski definition) is 1. The van der Waals surface area contributed by atoms with Crippen molar-refractivity contribution in [2.75, 3.05) is 7.11 Å². The van der Waals surface area contributed by atoms with Gasteiger partial charge in [-0.25, -0.2) is 17.5 Å². The summed E-state index contributed by atoms with van der Waals surface area (Å²) in [4.78, 5) is 0.197. The van der Waals surface area contributed by atoms with Gasteiger partial charge in [0.25, 0.3) is 0 Å². The van der Waals surface area contributed by atoms with Gasteiger partial charge in [-0.2, -0.15) is 0 Å². The predicted molar refractivity (Wildman–Crippen MR) is 92.1 cm³/mol. The van der Waals surface area contributed by atoms with Crippen LogP contribution in [0.2, 0.25) is 0 Å². The normalized spacial score (nSPS) is 12.8. The standard InChI is InChI=1S/C18H22FNO3S/c1-4-5-14-6-9-16(10-7-14)24(21,22)20-13(2)15-8-11-18(23-3)17(19)12-15/h6-13,20H,4-5H2,1-3H3. The lowest BCUT2D eigenvalue weighted by Crippen LogP contribution is -2.27. The van der Waals surface area contributed by atoms with Crippen LogP contribution in [0, 0.1) is 5.82 Å². The minimum atomic E-state index is -3.67. The van der Waals surface area contributed by atoms with Crippen LogP contribution >= 0.6 is 0 Å². The van der Waals surface area contributed by atoms with E-state index in [0.29, 0.717) is 5.56 Å². The van der Waals surface area contributed by atoms with E-state index in [0.717, 1.165) is 18.4 Å². The number of ether oxygens (including phenoxy) is 1. The summed E-state index contributed by atoms with van der Waals surface area (Å²) in [5, 5.41) is 0. The lowest BCUT2D eigenvalue weighted by Gasteiger charge is -2.15. The highest BCUT2D eigenvalue weighted by Crippen LogP contribution is 2.23. The lowest BCUT2D eigenvalue weighted by molar-refractivity contribution is 0.386. The van der Waals surface area contributed by atoms with Gasteiger partial charge in [0.15, 0.2) is 11.6 Å². The van der Waals surface area contributed by atoms with Crippen LogP contribution < -0.4 is 9.46 Å². The van der Waals surface area contributed by atoms with Crippen molar-refractivity contribution in [2.45, 2.75) is 37.6 Å². The van der Waals surface area contributed by atoms with E-state index in [-0.39, 0.29) is 10.6 Å². The maximum absolute atomic E-state index is 13.8. The van der Waals surface area contributed by atoms with E-state index < -0.39 is 21.9 Å². The SMILES string of the molecule is CCCc1ccc(S(=O)(=O)NC(C)c2ccc(OC)c(F)c2)cc1. The van der Waals surface area contributed by atoms with Crippen LogP contribution in [0.4, 0.5) is 4.39 Å². The average molecular weight is 351 g/mol. The maximum Gasteiger partial charge on any atom is 0.241 e. The molecule has 2 rings (SSSR count). The Morgan fingerprint density at radius 3 is 2.38 bits per heavy atom. The first kappa shape index (κ1) is 18.4. The van der Waals surface area contributed by atoms with Crippen LogP contribution in [0.3, 0.4) is 0 Å². The molecule has 0 spiro atoms. The summed E-state index contributed by atoms with van der Waals surface area (Å²) in [6, 6.07) is 10.6. The van der Waals surface area contributed by atoms with Crippen molar-refractivity contribution < 1.29 is 17.5 Å². The molecule has 0 fully saturated rings. The number of sulfonamides is 1. The van der Waals surface area contributed by atoms with Crippen molar-refractivity contribution in [1.82, 2.24) is 4.72 Å². The Morgan fingerprint density at radius 1 is 1.17 bits per heavy atom. The monoisotopic (exact) mass is 351 g/mol. The van der Waals surface area contributed by atoms with Crippen LogP contribution in [-0.2, 0) is 16.4 Å². The molecular formula is C18H22FNO3S. The van der Waals surface area contributed by atoms with Gasteiger partial charge in [0, 0.05) is 6.04 Å². The molecule has 0 aliphatic heterocycles. The van der Waals surface area contributed by atoms with Crippen LogP contribution in [-0.4, -0.2) is 15.5 Å². The van der Waals surface area contributed by atoms with Crippen molar-refractivity contribution in [3.05, 3.63) is 59.4 Å². The molecule has 2 aromatic carbocycles. The van der Waals surface area contributed by atoms with Crippen molar-refractivity contribution in [2.24, 2.45) is 0 Å². The number of methoxy groups -OCH3 is 1. The van der Waals surface area contributed by atoms with Crippen molar-refractivity contribution in [3.8, 4) is 5.75 Å². The first-order valence-electron chi connectivity index (χ1n) is 7.82. The minimum Gasteiger partial charge on any atom is -0.494 e. The fourth-order valence-corrected chi connectivity index (χ4v) is 3.68. The summed E-state index contributed by atoms with van der Waals surface area (Å²) in [5.41, 5.74) is 1.63. The average Bonchev–Trinajstić information content (AvgIpc) is 2.55. The molecule has 0 aliphatic carbocycles. The number of aryl methyl sites for hydroxylation is 1. The second-order valence-electron chi connectivity index (χ2n) is 5.63. The molecule has 0 saturated carbocycles. The summed E-state index contributed by atoms with van der Waals surface area (Å²) in [6.45, 7) is 3.74. The Bertz CT molecular complexity index is 788. The highest BCUT2D eigenvalue weighted by Gasteiger charge is 2.19. The highest BCUT2D eigenvalue weighted by atomic mass is 32.2. The fourth-order valence-electron chi connectivity index (χ4n) is 2.44. The van der Waals surface area contributed by atoms with Crippen molar-refractivity contribution in [1.29, 1.82) is 0 Å². The number of benzene rings is 2. The molecule has 0 amide bonds. The van der Waals surface area contributed by atoms with Gasteiger partial charge < -0.3 is 4.74 Å². The minimum absolute atomic E-state index is 0.125. The smallest absolute Gasteiger partial charge is 0.241 e. The summed E-state index contributed by atoms with van der Waals surface area (Å²) in [7, 11) is -2.29. The Morgan fingerprint density at radius 2 is 1.83 bits per heavy atom. The molecule has 1 N–H and O–H groups in total. The van der Waals surface area contributed by atoms with Crippen molar-refractivity contribution >= 4 is 10.0 Å². The summed E-state index contributed by atoms with van der Waals surface area (Å²) >= 11 is 0. The molecular weight excluding hydrogens is 329 g/mol. The molecule has 0 aliphatic rings. The Kier molecular flexibility index (Phi) is 5.96. The zero-order chi connectivity index (χ0) is 17.7. The second-order valence-corrected chi connectivity index (χ2v) is 7.34. The van der Waals surface area contributed by atoms with Gasteiger partial charge in [-0.3, -0.25) is 0 Å². The van der Waals surface area contributed by atoms with E-state index in [4.69, 9.17) is 4.74 Å². The zero-order valence-electron chi connectivity index (χ0n) is 14.0. The molecule has 2 aromatic rings. The first-order chi connectivity index (χ1) is 11.4. The third-order valence-electron chi connectivity index (χ3n) is 3.78. The molecule has 4 nitrogen and oxygen atoms in total. The molecule has 0 saturated heterocycles. The Balaban J connectivity index is 2.17. The van der Waals surface area contributed by atoms with Crippen molar-refractivity contribution in [3.63, 3.8) is 0 Å². The molecule has 24 heavy (non-hydrogen) atoms. The Hall–Kier alpha value is -1.92. The van der Waals surface area contributed by atoms with E-state index in [9.17, 15) is 12.8 Å². The first-order valence-corrected chi connectivity index (χ1v) is 9.30. The van der Waals surface area contributed by atoms with E-state index in [1.54, 1.807) is 25.1 Å². The third-order valence-corrected chi connectivity index (χ3v) is 5.34. The van der Waals surface area contributed by atoms with Gasteiger partial charge in [0.2, 0.25) is 10.0 Å². The van der Waals surface area contributed by atoms with E-state index in [1.807, 2.05) is 12.1 Å². The quantitative estimate of drug-likeness (QED) is 0.825. The summed E-state index contributed by atoms with van der Waals surface area (Å²) < 4.78 is 46.1. The third kappa shape index (κ3) is 4.33. The predicted octanol–water partition coefficient (Wildman–Crippen LogP) is 3.83. The molecule has 1 atom stereocenters. The largest absolute Gasteiger partial charge is 0.494 e. The van der Waals surface area contributed by atoms with Gasteiger partial charge in [-0.05, 0) is 48.7 Å².